The Morgan fingerprint density at radius 3 is 2.60 bits per heavy atom. The largest absolute Gasteiger partial charge is 0.396 e. The molecule has 1 N–H and O–H groups in total. The number of rotatable bonds is 6. The summed E-state index contributed by atoms with van der Waals surface area (Å²) < 4.78 is 5.45. The summed E-state index contributed by atoms with van der Waals surface area (Å²) in [6.45, 7) is 5.75. The minimum Gasteiger partial charge on any atom is -0.396 e. The molecule has 15 heavy (non-hydrogen) atoms. The van der Waals surface area contributed by atoms with Gasteiger partial charge in [0.25, 0.3) is 0 Å². The summed E-state index contributed by atoms with van der Waals surface area (Å²) in [6.07, 6.45) is 1.78. The maximum atomic E-state index is 8.61. The van der Waals surface area contributed by atoms with Crippen LogP contribution in [0.4, 0.5) is 0 Å². The van der Waals surface area contributed by atoms with Crippen molar-refractivity contribution in [2.24, 2.45) is 0 Å². The van der Waals surface area contributed by atoms with Crippen LogP contribution in [-0.2, 0) is 17.8 Å². The second kappa shape index (κ2) is 6.59. The molecule has 84 valence electrons. The van der Waals surface area contributed by atoms with Gasteiger partial charge in [-0.1, -0.05) is 30.7 Å². The van der Waals surface area contributed by atoms with Crippen molar-refractivity contribution in [2.45, 2.75) is 33.3 Å². The Kier molecular flexibility index (Phi) is 5.37. The van der Waals surface area contributed by atoms with E-state index in [0.717, 1.165) is 6.42 Å². The molecular formula is C13H20O2. The molecule has 0 saturated heterocycles. The molecule has 0 fully saturated rings. The van der Waals surface area contributed by atoms with E-state index in [9.17, 15) is 0 Å². The Bertz CT molecular complexity index is 295. The molecule has 0 amide bonds. The van der Waals surface area contributed by atoms with Crippen molar-refractivity contribution in [3.63, 3.8) is 0 Å². The highest BCUT2D eigenvalue weighted by atomic mass is 16.5. The topological polar surface area (TPSA) is 29.5 Å². The minimum absolute atomic E-state index is 0.202. The monoisotopic (exact) mass is 208 g/mol. The summed E-state index contributed by atoms with van der Waals surface area (Å²) in [5.41, 5.74) is 3.87. The van der Waals surface area contributed by atoms with Gasteiger partial charge in [-0.15, -0.1) is 0 Å². The minimum atomic E-state index is 0.202. The van der Waals surface area contributed by atoms with Crippen LogP contribution in [0.5, 0.6) is 0 Å². The smallest absolute Gasteiger partial charge is 0.0717 e. The van der Waals surface area contributed by atoms with Crippen LogP contribution in [0, 0.1) is 6.92 Å². The molecule has 2 nitrogen and oxygen atoms in total. The van der Waals surface area contributed by atoms with E-state index in [-0.39, 0.29) is 6.61 Å². The van der Waals surface area contributed by atoms with Gasteiger partial charge in [-0.2, -0.15) is 0 Å². The lowest BCUT2D eigenvalue weighted by molar-refractivity contribution is 0.104. The second-order valence-electron chi connectivity index (χ2n) is 3.81. The zero-order valence-corrected chi connectivity index (χ0v) is 9.62. The summed E-state index contributed by atoms with van der Waals surface area (Å²) in [4.78, 5) is 0. The quantitative estimate of drug-likeness (QED) is 0.728. The first-order chi connectivity index (χ1) is 7.26. The fourth-order valence-corrected chi connectivity index (χ4v) is 1.59. The number of aliphatic hydroxyl groups is 1. The normalized spacial score (nSPS) is 10.6. The van der Waals surface area contributed by atoms with Crippen LogP contribution >= 0.6 is 0 Å². The Balaban J connectivity index is 2.49. The molecule has 1 rings (SSSR count). The summed E-state index contributed by atoms with van der Waals surface area (Å²) in [5.74, 6) is 0. The number of hydrogen-bond acceptors (Lipinski definition) is 2. The SMILES string of the molecule is CCc1cc(C)cc(COCCCO)c1. The highest BCUT2D eigenvalue weighted by Gasteiger charge is 1.97. The number of hydrogen-bond donors (Lipinski definition) is 1. The van der Waals surface area contributed by atoms with Crippen LogP contribution in [0.1, 0.15) is 30.0 Å². The van der Waals surface area contributed by atoms with Gasteiger partial charge in [-0.05, 0) is 30.9 Å². The van der Waals surface area contributed by atoms with E-state index in [2.05, 4.69) is 32.0 Å². The van der Waals surface area contributed by atoms with Crippen molar-refractivity contribution in [1.29, 1.82) is 0 Å². The van der Waals surface area contributed by atoms with Crippen LogP contribution in [0.15, 0.2) is 18.2 Å². The molecule has 0 aliphatic rings. The molecule has 0 atom stereocenters. The van der Waals surface area contributed by atoms with Gasteiger partial charge in [0, 0.05) is 13.2 Å². The highest BCUT2D eigenvalue weighted by Crippen LogP contribution is 2.11. The first-order valence-corrected chi connectivity index (χ1v) is 5.54. The third-order valence-electron chi connectivity index (χ3n) is 2.32. The van der Waals surface area contributed by atoms with Gasteiger partial charge >= 0.3 is 0 Å². The number of ether oxygens (including phenoxy) is 1. The van der Waals surface area contributed by atoms with Gasteiger partial charge < -0.3 is 9.84 Å². The maximum absolute atomic E-state index is 8.61. The molecule has 0 bridgehead atoms. The predicted octanol–water partition coefficient (Wildman–Crippen LogP) is 2.46. The first kappa shape index (κ1) is 12.2. The fourth-order valence-electron chi connectivity index (χ4n) is 1.59. The molecule has 1 aromatic carbocycles. The summed E-state index contributed by atoms with van der Waals surface area (Å²) in [5, 5.41) is 8.61. The average Bonchev–Trinajstić information content (AvgIpc) is 2.23. The van der Waals surface area contributed by atoms with Crippen molar-refractivity contribution >= 4 is 0 Å². The van der Waals surface area contributed by atoms with Gasteiger partial charge in [0.15, 0.2) is 0 Å². The Labute approximate surface area is 91.9 Å². The zero-order chi connectivity index (χ0) is 11.1. The lowest BCUT2D eigenvalue weighted by atomic mass is 10.1. The van der Waals surface area contributed by atoms with Gasteiger partial charge in [-0.3, -0.25) is 0 Å². The lowest BCUT2D eigenvalue weighted by Crippen LogP contribution is -1.98. The third-order valence-corrected chi connectivity index (χ3v) is 2.32. The molecule has 0 radical (unpaired) electrons. The second-order valence-corrected chi connectivity index (χ2v) is 3.81. The van der Waals surface area contributed by atoms with Crippen LogP contribution < -0.4 is 0 Å². The molecule has 0 saturated carbocycles. The lowest BCUT2D eigenvalue weighted by Gasteiger charge is -2.07. The predicted molar refractivity (Wildman–Crippen MR) is 61.9 cm³/mol. The van der Waals surface area contributed by atoms with Crippen LogP contribution in [0.3, 0.4) is 0 Å². The van der Waals surface area contributed by atoms with Crippen molar-refractivity contribution in [3.05, 3.63) is 34.9 Å². The molecule has 0 unspecified atom stereocenters. The summed E-state index contributed by atoms with van der Waals surface area (Å²) >= 11 is 0. The van der Waals surface area contributed by atoms with E-state index >= 15 is 0 Å². The molecule has 0 aliphatic heterocycles. The van der Waals surface area contributed by atoms with E-state index in [1.165, 1.54) is 16.7 Å². The van der Waals surface area contributed by atoms with E-state index in [0.29, 0.717) is 19.6 Å². The first-order valence-electron chi connectivity index (χ1n) is 5.54. The standard InChI is InChI=1S/C13H20O2/c1-3-12-7-11(2)8-13(9-12)10-15-6-4-5-14/h7-9,14H,3-6,10H2,1-2H3. The van der Waals surface area contributed by atoms with E-state index in [1.807, 2.05) is 0 Å². The molecule has 0 aliphatic carbocycles. The summed E-state index contributed by atoms with van der Waals surface area (Å²) in [6, 6.07) is 6.54. The van der Waals surface area contributed by atoms with Crippen molar-refractivity contribution < 1.29 is 9.84 Å². The molecule has 2 heteroatoms. The van der Waals surface area contributed by atoms with Gasteiger partial charge in [0.2, 0.25) is 0 Å². The van der Waals surface area contributed by atoms with Gasteiger partial charge in [0.05, 0.1) is 6.61 Å². The van der Waals surface area contributed by atoms with Crippen LogP contribution in [0.25, 0.3) is 0 Å². The highest BCUT2D eigenvalue weighted by molar-refractivity contribution is 5.28. The number of aryl methyl sites for hydroxylation is 2. The van der Waals surface area contributed by atoms with E-state index in [1.54, 1.807) is 0 Å². The van der Waals surface area contributed by atoms with Crippen LogP contribution in [-0.4, -0.2) is 18.3 Å². The number of aliphatic hydroxyl groups excluding tert-OH is 1. The Morgan fingerprint density at radius 1 is 1.20 bits per heavy atom. The van der Waals surface area contributed by atoms with Crippen LogP contribution in [0.2, 0.25) is 0 Å². The van der Waals surface area contributed by atoms with E-state index in [4.69, 9.17) is 9.84 Å². The Morgan fingerprint density at radius 2 is 1.93 bits per heavy atom. The van der Waals surface area contributed by atoms with E-state index < -0.39 is 0 Å². The van der Waals surface area contributed by atoms with Crippen molar-refractivity contribution in [3.8, 4) is 0 Å². The molecule has 0 aromatic heterocycles. The fraction of sp³-hybridized carbons (Fsp3) is 0.538. The molecular weight excluding hydrogens is 188 g/mol. The Hall–Kier alpha value is -0.860. The summed E-state index contributed by atoms with van der Waals surface area (Å²) in [7, 11) is 0. The molecule has 0 heterocycles. The average molecular weight is 208 g/mol. The molecule has 1 aromatic rings. The van der Waals surface area contributed by atoms with Crippen molar-refractivity contribution in [1.82, 2.24) is 0 Å². The third kappa shape index (κ3) is 4.45. The zero-order valence-electron chi connectivity index (χ0n) is 9.62. The van der Waals surface area contributed by atoms with Crippen molar-refractivity contribution in [2.75, 3.05) is 13.2 Å². The van der Waals surface area contributed by atoms with Gasteiger partial charge in [-0.25, -0.2) is 0 Å². The van der Waals surface area contributed by atoms with Gasteiger partial charge in [0.1, 0.15) is 0 Å². The number of benzene rings is 1. The maximum Gasteiger partial charge on any atom is 0.0717 e. The molecule has 0 spiro atoms.